The first kappa shape index (κ1) is 31.4. The molecule has 0 aromatic carbocycles. The van der Waals surface area contributed by atoms with Crippen molar-refractivity contribution in [3.63, 3.8) is 0 Å². The van der Waals surface area contributed by atoms with Gasteiger partial charge in [0.25, 0.3) is 5.91 Å². The Bertz CT molecular complexity index is 915. The third-order valence-corrected chi connectivity index (χ3v) is 8.11. The number of ether oxygens (including phenoxy) is 2. The third-order valence-electron chi connectivity index (χ3n) is 8.11. The number of hydrogen-bond acceptors (Lipinski definition) is 8. The molecule has 0 unspecified atom stereocenters. The molecule has 0 spiro atoms. The van der Waals surface area contributed by atoms with E-state index in [1.54, 1.807) is 18.7 Å². The number of aliphatic hydroxyl groups excluding tert-OH is 1. The number of carbonyl (C=O) groups is 5. The molecule has 0 radical (unpaired) electrons. The molecule has 40 heavy (non-hydrogen) atoms. The molecular formula is C27H45N5O8. The Kier molecular flexibility index (Phi) is 11.4. The molecule has 1 saturated carbocycles. The monoisotopic (exact) mass is 567 g/mol. The van der Waals surface area contributed by atoms with E-state index in [9.17, 15) is 29.1 Å². The molecule has 2 aliphatic heterocycles. The van der Waals surface area contributed by atoms with Crippen LogP contribution in [-0.4, -0.2) is 96.5 Å². The van der Waals surface area contributed by atoms with Crippen LogP contribution in [0.4, 0.5) is 9.59 Å². The van der Waals surface area contributed by atoms with Crippen LogP contribution in [0.3, 0.4) is 0 Å². The molecule has 2 saturated heterocycles. The largest absolute Gasteiger partial charge is 0.453 e. The molecule has 1 aliphatic carbocycles. The molecule has 3 fully saturated rings. The number of alkyl carbamates (subject to hydrolysis) is 1. The molecule has 3 rings (SSSR count). The van der Waals surface area contributed by atoms with Gasteiger partial charge in [0, 0.05) is 32.5 Å². The minimum Gasteiger partial charge on any atom is -0.453 e. The van der Waals surface area contributed by atoms with Gasteiger partial charge in [-0.3, -0.25) is 14.4 Å². The summed E-state index contributed by atoms with van der Waals surface area (Å²) in [6.07, 6.45) is 2.97. The number of hydrogen-bond donors (Lipinski definition) is 5. The van der Waals surface area contributed by atoms with E-state index < -0.39 is 53.8 Å². The first-order valence-corrected chi connectivity index (χ1v) is 14.4. The number of nitrogens with one attached hydrogen (secondary N) is 4. The molecule has 0 aromatic heterocycles. The Morgan fingerprint density at radius 3 is 2.33 bits per heavy atom. The van der Waals surface area contributed by atoms with Crippen LogP contribution in [0.15, 0.2) is 0 Å². The zero-order valence-corrected chi connectivity index (χ0v) is 23.8. The van der Waals surface area contributed by atoms with E-state index in [1.807, 2.05) is 0 Å². The van der Waals surface area contributed by atoms with Gasteiger partial charge in [-0.1, -0.05) is 33.1 Å². The fourth-order valence-corrected chi connectivity index (χ4v) is 5.62. The first-order valence-electron chi connectivity index (χ1n) is 14.4. The van der Waals surface area contributed by atoms with Crippen LogP contribution in [0.25, 0.3) is 0 Å². The quantitative estimate of drug-likeness (QED) is 0.288. The van der Waals surface area contributed by atoms with E-state index in [2.05, 4.69) is 21.3 Å². The van der Waals surface area contributed by atoms with Crippen molar-refractivity contribution in [2.75, 3.05) is 26.7 Å². The average molecular weight is 568 g/mol. The SMILES string of the molecule is COC(=O)N1CCC(OC(=O)NC2(C(=O)N[C@@H](C(C)C)[C@H](O)C(=O)N[C@H]3CCCCNC3=O)CCCCC2)CC1. The highest BCUT2D eigenvalue weighted by molar-refractivity contribution is 5.92. The number of amides is 5. The summed E-state index contributed by atoms with van der Waals surface area (Å²) < 4.78 is 10.3. The van der Waals surface area contributed by atoms with E-state index >= 15 is 0 Å². The van der Waals surface area contributed by atoms with Crippen LogP contribution < -0.4 is 21.3 Å². The first-order chi connectivity index (χ1) is 19.1. The standard InChI is InChI=1S/C27H45N5O8/c1-17(2)20(21(33)23(35)29-19-9-5-8-14-28-22(19)34)30-24(36)27(12-6-4-7-13-27)31-25(37)40-18-10-15-32(16-11-18)26(38)39-3/h17-21,33H,4-16H2,1-3H3,(H,28,34)(H,29,35)(H,30,36)(H,31,37)/t19-,20-,21-/m0/s1. The van der Waals surface area contributed by atoms with Crippen molar-refractivity contribution in [3.05, 3.63) is 0 Å². The van der Waals surface area contributed by atoms with Gasteiger partial charge in [0.1, 0.15) is 17.7 Å². The third kappa shape index (κ3) is 8.21. The Balaban J connectivity index is 1.62. The Hall–Kier alpha value is -3.09. The lowest BCUT2D eigenvalue weighted by Crippen LogP contribution is -2.64. The van der Waals surface area contributed by atoms with Crippen molar-refractivity contribution in [3.8, 4) is 0 Å². The Labute approximate surface area is 235 Å². The summed E-state index contributed by atoms with van der Waals surface area (Å²) in [6, 6.07) is -1.69. The average Bonchev–Trinajstić information content (AvgIpc) is 3.14. The molecule has 13 nitrogen and oxygen atoms in total. The molecule has 13 heteroatoms. The van der Waals surface area contributed by atoms with Gasteiger partial charge >= 0.3 is 12.2 Å². The van der Waals surface area contributed by atoms with Gasteiger partial charge < -0.3 is 40.7 Å². The fourth-order valence-electron chi connectivity index (χ4n) is 5.62. The zero-order chi connectivity index (χ0) is 29.3. The van der Waals surface area contributed by atoms with Gasteiger partial charge in [0.05, 0.1) is 13.2 Å². The number of nitrogens with zero attached hydrogens (tertiary/aromatic N) is 1. The minimum atomic E-state index is -1.59. The van der Waals surface area contributed by atoms with Crippen molar-refractivity contribution in [2.45, 2.75) is 108 Å². The molecule has 2 heterocycles. The highest BCUT2D eigenvalue weighted by Gasteiger charge is 2.44. The number of aliphatic hydroxyl groups is 1. The number of likely N-dealkylation sites (tertiary alicyclic amines) is 1. The number of piperidine rings is 1. The highest BCUT2D eigenvalue weighted by atomic mass is 16.6. The van der Waals surface area contributed by atoms with Gasteiger partial charge in [0.15, 0.2) is 6.10 Å². The van der Waals surface area contributed by atoms with Crippen LogP contribution in [0.1, 0.15) is 78.1 Å². The van der Waals surface area contributed by atoms with Crippen molar-refractivity contribution in [1.82, 2.24) is 26.2 Å². The second kappa shape index (κ2) is 14.5. The molecule has 5 amide bonds. The van der Waals surface area contributed by atoms with Gasteiger partial charge in [-0.2, -0.15) is 0 Å². The van der Waals surface area contributed by atoms with Crippen molar-refractivity contribution < 1.29 is 38.6 Å². The highest BCUT2D eigenvalue weighted by Crippen LogP contribution is 2.30. The summed E-state index contributed by atoms with van der Waals surface area (Å²) in [7, 11) is 1.32. The van der Waals surface area contributed by atoms with Gasteiger partial charge in [-0.05, 0) is 38.0 Å². The summed E-state index contributed by atoms with van der Waals surface area (Å²) >= 11 is 0. The van der Waals surface area contributed by atoms with Crippen molar-refractivity contribution >= 4 is 29.9 Å². The maximum absolute atomic E-state index is 13.7. The summed E-state index contributed by atoms with van der Waals surface area (Å²) in [4.78, 5) is 65.0. The molecule has 0 aromatic rings. The van der Waals surface area contributed by atoms with Gasteiger partial charge in [-0.15, -0.1) is 0 Å². The van der Waals surface area contributed by atoms with Gasteiger partial charge in [0.2, 0.25) is 11.8 Å². The molecular weight excluding hydrogens is 522 g/mol. The molecule has 226 valence electrons. The smallest absolute Gasteiger partial charge is 0.409 e. The second-order valence-corrected chi connectivity index (χ2v) is 11.4. The van der Waals surface area contributed by atoms with E-state index in [4.69, 9.17) is 9.47 Å². The zero-order valence-electron chi connectivity index (χ0n) is 23.8. The summed E-state index contributed by atoms with van der Waals surface area (Å²) in [6.45, 7) is 4.89. The van der Waals surface area contributed by atoms with Crippen molar-refractivity contribution in [1.29, 1.82) is 0 Å². The van der Waals surface area contributed by atoms with Crippen LogP contribution >= 0.6 is 0 Å². The predicted octanol–water partition coefficient (Wildman–Crippen LogP) is 0.933. The molecule has 5 N–H and O–H groups in total. The fraction of sp³-hybridized carbons (Fsp3) is 0.815. The van der Waals surface area contributed by atoms with E-state index in [0.717, 1.165) is 32.1 Å². The normalized spacial score (nSPS) is 23.2. The van der Waals surface area contributed by atoms with Crippen LogP contribution in [0.2, 0.25) is 0 Å². The molecule has 3 atom stereocenters. The van der Waals surface area contributed by atoms with Crippen molar-refractivity contribution in [2.24, 2.45) is 5.92 Å². The minimum absolute atomic E-state index is 0.289. The molecule has 3 aliphatic rings. The van der Waals surface area contributed by atoms with Crippen LogP contribution in [-0.2, 0) is 23.9 Å². The molecule has 0 bridgehead atoms. The topological polar surface area (TPSA) is 175 Å². The second-order valence-electron chi connectivity index (χ2n) is 11.4. The summed E-state index contributed by atoms with van der Waals surface area (Å²) in [5.41, 5.74) is -1.24. The number of methoxy groups -OCH3 is 1. The lowest BCUT2D eigenvalue weighted by molar-refractivity contribution is -0.138. The lowest BCUT2D eigenvalue weighted by atomic mass is 9.80. The Morgan fingerprint density at radius 1 is 1.02 bits per heavy atom. The Morgan fingerprint density at radius 2 is 1.70 bits per heavy atom. The maximum atomic E-state index is 13.7. The number of rotatable bonds is 8. The van der Waals surface area contributed by atoms with E-state index in [1.165, 1.54) is 7.11 Å². The van der Waals surface area contributed by atoms with E-state index in [-0.39, 0.29) is 11.8 Å². The predicted molar refractivity (Wildman–Crippen MR) is 144 cm³/mol. The van der Waals surface area contributed by atoms with E-state index in [0.29, 0.717) is 51.7 Å². The summed E-state index contributed by atoms with van der Waals surface area (Å²) in [5, 5.41) is 21.9. The van der Waals surface area contributed by atoms with Crippen LogP contribution in [0.5, 0.6) is 0 Å². The lowest BCUT2D eigenvalue weighted by Gasteiger charge is -2.39. The van der Waals surface area contributed by atoms with Gasteiger partial charge in [-0.25, -0.2) is 9.59 Å². The van der Waals surface area contributed by atoms with Crippen LogP contribution in [0, 0.1) is 5.92 Å². The number of carbonyl (C=O) groups excluding carboxylic acids is 5. The summed E-state index contributed by atoms with van der Waals surface area (Å²) in [5.74, 6) is -1.82. The maximum Gasteiger partial charge on any atom is 0.409 e.